The van der Waals surface area contributed by atoms with Gasteiger partial charge in [0.1, 0.15) is 5.01 Å². The van der Waals surface area contributed by atoms with E-state index in [0.717, 1.165) is 20.6 Å². The second kappa shape index (κ2) is 8.06. The lowest BCUT2D eigenvalue weighted by molar-refractivity contribution is -0.115. The molecule has 0 aliphatic carbocycles. The van der Waals surface area contributed by atoms with Gasteiger partial charge in [0.15, 0.2) is 9.47 Å². The predicted octanol–water partition coefficient (Wildman–Crippen LogP) is 4.74. The predicted molar refractivity (Wildman–Crippen MR) is 101 cm³/mol. The van der Waals surface area contributed by atoms with Crippen molar-refractivity contribution in [1.82, 2.24) is 15.2 Å². The Hall–Kier alpha value is -1.48. The molecule has 9 heteroatoms. The van der Waals surface area contributed by atoms with Crippen molar-refractivity contribution in [1.29, 1.82) is 0 Å². The van der Waals surface area contributed by atoms with Crippen molar-refractivity contribution in [3.8, 4) is 11.3 Å². The van der Waals surface area contributed by atoms with E-state index in [2.05, 4.69) is 20.5 Å². The Bertz CT molecular complexity index is 849. The molecule has 1 N–H and O–H groups in total. The Kier molecular flexibility index (Phi) is 5.83. The highest BCUT2D eigenvalue weighted by molar-refractivity contribution is 8.01. The number of amides is 1. The molecule has 0 aliphatic heterocycles. The average molecular weight is 397 g/mol. The van der Waals surface area contributed by atoms with Crippen molar-refractivity contribution in [3.63, 3.8) is 0 Å². The first kappa shape index (κ1) is 17.3. The molecule has 0 radical (unpaired) electrons. The number of nitrogens with zero attached hydrogens (tertiary/aromatic N) is 3. The molecule has 0 bridgehead atoms. The highest BCUT2D eigenvalue weighted by atomic mass is 35.5. The summed E-state index contributed by atoms with van der Waals surface area (Å²) in [6.07, 6.45) is 0.393. The lowest BCUT2D eigenvalue weighted by Gasteiger charge is -2.01. The molecule has 0 spiro atoms. The Morgan fingerprint density at radius 3 is 2.92 bits per heavy atom. The molecule has 0 unspecified atom stereocenters. The molecule has 0 aliphatic rings. The lowest BCUT2D eigenvalue weighted by Crippen LogP contribution is -2.11. The summed E-state index contributed by atoms with van der Waals surface area (Å²) in [5, 5.41) is 14.8. The maximum Gasteiger partial charge on any atom is 0.226 e. The highest BCUT2D eigenvalue weighted by Gasteiger charge is 2.10. The number of rotatable bonds is 6. The monoisotopic (exact) mass is 396 g/mol. The number of carbonyl (C=O) groups excluding carboxylic acids is 1. The van der Waals surface area contributed by atoms with E-state index >= 15 is 0 Å². The van der Waals surface area contributed by atoms with Gasteiger partial charge in [0.2, 0.25) is 5.91 Å². The van der Waals surface area contributed by atoms with E-state index < -0.39 is 0 Å². The first-order valence-corrected chi connectivity index (χ1v) is 10.1. The quantitative estimate of drug-likeness (QED) is 0.609. The van der Waals surface area contributed by atoms with Crippen molar-refractivity contribution in [3.05, 3.63) is 39.7 Å². The van der Waals surface area contributed by atoms with Crippen LogP contribution in [0.4, 0.5) is 5.13 Å². The van der Waals surface area contributed by atoms with E-state index in [-0.39, 0.29) is 5.91 Å². The molecule has 1 aromatic carbocycles. The number of halogens is 1. The molecule has 3 aromatic rings. The summed E-state index contributed by atoms with van der Waals surface area (Å²) < 4.78 is 0.885. The first-order valence-electron chi connectivity index (χ1n) is 7.05. The third-order valence-electron chi connectivity index (χ3n) is 2.96. The number of hydrogen-bond donors (Lipinski definition) is 1. The van der Waals surface area contributed by atoms with Gasteiger partial charge in [0.25, 0.3) is 0 Å². The van der Waals surface area contributed by atoms with E-state index in [0.29, 0.717) is 22.3 Å². The van der Waals surface area contributed by atoms with Crippen LogP contribution in [0.1, 0.15) is 11.4 Å². The molecule has 0 atom stereocenters. The fraction of sp³-hybridized carbons (Fsp3) is 0.200. The van der Waals surface area contributed by atoms with Gasteiger partial charge in [0, 0.05) is 28.1 Å². The summed E-state index contributed by atoms with van der Waals surface area (Å²) in [6, 6.07) is 7.51. The zero-order valence-corrected chi connectivity index (χ0v) is 15.9. The van der Waals surface area contributed by atoms with Crippen LogP contribution in [0.25, 0.3) is 11.3 Å². The van der Waals surface area contributed by atoms with E-state index in [4.69, 9.17) is 11.6 Å². The summed E-state index contributed by atoms with van der Waals surface area (Å²) in [7, 11) is 0. The Morgan fingerprint density at radius 1 is 1.33 bits per heavy atom. The Labute approximate surface area is 156 Å². The zero-order valence-electron chi connectivity index (χ0n) is 12.7. The molecular formula is C15H13ClN4OS3. The average Bonchev–Trinajstić information content (AvgIpc) is 3.17. The molecule has 0 fully saturated rings. The fourth-order valence-corrected chi connectivity index (χ4v) is 4.66. The number of carbonyl (C=O) groups is 1. The van der Waals surface area contributed by atoms with Crippen LogP contribution >= 0.6 is 46.0 Å². The van der Waals surface area contributed by atoms with Crippen molar-refractivity contribution < 1.29 is 4.79 Å². The molecule has 2 aromatic heterocycles. The number of hydrogen-bond acceptors (Lipinski definition) is 7. The van der Waals surface area contributed by atoms with Crippen LogP contribution in [0.15, 0.2) is 34.0 Å². The molecule has 2 heterocycles. The molecule has 124 valence electrons. The fourth-order valence-electron chi connectivity index (χ4n) is 1.87. The summed E-state index contributed by atoms with van der Waals surface area (Å²) in [5.74, 6) is 0.590. The number of anilines is 1. The minimum Gasteiger partial charge on any atom is -0.302 e. The van der Waals surface area contributed by atoms with Crippen molar-refractivity contribution in [2.24, 2.45) is 0 Å². The number of thioether (sulfide) groups is 1. The van der Waals surface area contributed by atoms with E-state index in [1.54, 1.807) is 0 Å². The molecule has 1 amide bonds. The number of aryl methyl sites for hydroxylation is 1. The van der Waals surface area contributed by atoms with Gasteiger partial charge < -0.3 is 5.32 Å². The Morgan fingerprint density at radius 2 is 2.17 bits per heavy atom. The summed E-state index contributed by atoms with van der Waals surface area (Å²) in [6.45, 7) is 1.91. The van der Waals surface area contributed by atoms with Gasteiger partial charge in [-0.2, -0.15) is 0 Å². The van der Waals surface area contributed by atoms with Crippen molar-refractivity contribution in [2.45, 2.75) is 17.7 Å². The van der Waals surface area contributed by atoms with Gasteiger partial charge in [-0.05, 0) is 13.0 Å². The summed E-state index contributed by atoms with van der Waals surface area (Å²) in [4.78, 5) is 16.4. The highest BCUT2D eigenvalue weighted by Crippen LogP contribution is 2.30. The zero-order chi connectivity index (χ0) is 16.9. The molecule has 0 saturated carbocycles. The maximum absolute atomic E-state index is 12.0. The van der Waals surface area contributed by atoms with Crippen molar-refractivity contribution in [2.75, 3.05) is 11.1 Å². The van der Waals surface area contributed by atoms with Gasteiger partial charge >= 0.3 is 0 Å². The lowest BCUT2D eigenvalue weighted by atomic mass is 10.2. The number of nitrogens with one attached hydrogen (secondary N) is 1. The number of aromatic nitrogens is 3. The number of thiazole rings is 1. The molecule has 3 rings (SSSR count). The van der Waals surface area contributed by atoms with E-state index in [1.807, 2.05) is 36.6 Å². The van der Waals surface area contributed by atoms with Crippen LogP contribution < -0.4 is 5.32 Å². The third-order valence-corrected chi connectivity index (χ3v) is 6.02. The van der Waals surface area contributed by atoms with E-state index in [9.17, 15) is 4.79 Å². The second-order valence-electron chi connectivity index (χ2n) is 4.75. The minimum atomic E-state index is -0.0659. The van der Waals surface area contributed by atoms with Crippen LogP contribution in [-0.2, 0) is 4.79 Å². The molecule has 24 heavy (non-hydrogen) atoms. The van der Waals surface area contributed by atoms with Crippen LogP contribution in [0.5, 0.6) is 0 Å². The first-order chi connectivity index (χ1) is 11.6. The van der Waals surface area contributed by atoms with Gasteiger partial charge in [-0.15, -0.1) is 21.5 Å². The maximum atomic E-state index is 12.0. The van der Waals surface area contributed by atoms with Crippen LogP contribution in [0.3, 0.4) is 0 Å². The topological polar surface area (TPSA) is 67.8 Å². The second-order valence-corrected chi connectivity index (χ2v) is 8.54. The van der Waals surface area contributed by atoms with Gasteiger partial charge in [0.05, 0.1) is 5.69 Å². The summed E-state index contributed by atoms with van der Waals surface area (Å²) >= 11 is 10.6. The van der Waals surface area contributed by atoms with Crippen LogP contribution in [0.2, 0.25) is 5.02 Å². The SMILES string of the molecule is Cc1nnc(SCCC(=O)Nc2nc(-c3ccccc3Cl)cs2)s1. The van der Waals surface area contributed by atoms with Crippen molar-refractivity contribution >= 4 is 57.1 Å². The third kappa shape index (κ3) is 4.54. The van der Waals surface area contributed by atoms with E-state index in [1.165, 1.54) is 34.4 Å². The van der Waals surface area contributed by atoms with Crippen LogP contribution in [0, 0.1) is 6.92 Å². The van der Waals surface area contributed by atoms with Gasteiger partial charge in [-0.25, -0.2) is 4.98 Å². The normalized spacial score (nSPS) is 10.8. The largest absolute Gasteiger partial charge is 0.302 e. The van der Waals surface area contributed by atoms with Gasteiger partial charge in [-0.1, -0.05) is 52.9 Å². The van der Waals surface area contributed by atoms with Crippen LogP contribution in [-0.4, -0.2) is 26.8 Å². The molecular weight excluding hydrogens is 384 g/mol. The smallest absolute Gasteiger partial charge is 0.226 e. The number of benzene rings is 1. The minimum absolute atomic E-state index is 0.0659. The van der Waals surface area contributed by atoms with Gasteiger partial charge in [-0.3, -0.25) is 4.79 Å². The Balaban J connectivity index is 1.53. The standard InChI is InChI=1S/C15H13ClN4OS3/c1-9-19-20-15(24-9)22-7-6-13(21)18-14-17-12(8-23-14)10-4-2-3-5-11(10)16/h2-5,8H,6-7H2,1H3,(H,17,18,21). The molecule has 5 nitrogen and oxygen atoms in total. The molecule has 0 saturated heterocycles. The summed E-state index contributed by atoms with van der Waals surface area (Å²) in [5.41, 5.74) is 1.62.